The first-order valence-corrected chi connectivity index (χ1v) is 4.44. The topological polar surface area (TPSA) is 73.0 Å². The molecule has 1 heterocycles. The van der Waals surface area contributed by atoms with Gasteiger partial charge in [-0.2, -0.15) is 0 Å². The van der Waals surface area contributed by atoms with Gasteiger partial charge in [0.2, 0.25) is 12.2 Å². The van der Waals surface area contributed by atoms with Crippen molar-refractivity contribution in [3.05, 3.63) is 42.3 Å². The highest BCUT2D eigenvalue weighted by Gasteiger charge is 2.15. The van der Waals surface area contributed by atoms with Crippen LogP contribution in [-0.2, 0) is 6.54 Å². The molecule has 0 bridgehead atoms. The van der Waals surface area contributed by atoms with Crippen molar-refractivity contribution >= 4 is 11.8 Å². The van der Waals surface area contributed by atoms with Crippen molar-refractivity contribution in [2.45, 2.75) is 6.54 Å². The Morgan fingerprint density at radius 2 is 2.06 bits per heavy atom. The number of nitrogens with zero attached hydrogens (tertiary/aromatic N) is 2. The Hall–Kier alpha value is -1.69. The smallest absolute Gasteiger partial charge is 0.475 e. The molecular formula is C10H10BrN3O2. The van der Waals surface area contributed by atoms with Gasteiger partial charge in [0.25, 0.3) is 0 Å². The third kappa shape index (κ3) is 2.66. The van der Waals surface area contributed by atoms with Crippen LogP contribution in [0.5, 0.6) is 0 Å². The fourth-order valence-electron chi connectivity index (χ4n) is 1.22. The molecular weight excluding hydrogens is 274 g/mol. The van der Waals surface area contributed by atoms with Crippen LogP contribution in [0, 0.1) is 0 Å². The molecule has 0 atom stereocenters. The highest BCUT2D eigenvalue weighted by atomic mass is 79.9. The Bertz CT molecular complexity index is 470. The van der Waals surface area contributed by atoms with E-state index < -0.39 is 0 Å². The second-order valence-electron chi connectivity index (χ2n) is 3.02. The average molecular weight is 284 g/mol. The number of anilines is 1. The average Bonchev–Trinajstić information content (AvgIpc) is 2.66. The highest BCUT2D eigenvalue weighted by molar-refractivity contribution is 5.94. The first-order valence-electron chi connectivity index (χ1n) is 4.44. The second-order valence-corrected chi connectivity index (χ2v) is 3.02. The monoisotopic (exact) mass is 283 g/mol. The van der Waals surface area contributed by atoms with E-state index in [-0.39, 0.29) is 35.3 Å². The number of hydrogen-bond donors (Lipinski definition) is 1. The number of benzene rings is 1. The maximum absolute atomic E-state index is 11.7. The lowest BCUT2D eigenvalue weighted by atomic mass is 10.1. The molecule has 2 rings (SSSR count). The van der Waals surface area contributed by atoms with Crippen LogP contribution in [-0.4, -0.2) is 10.9 Å². The zero-order valence-corrected chi connectivity index (χ0v) is 9.92. The van der Waals surface area contributed by atoms with Crippen molar-refractivity contribution < 1.29 is 30.9 Å². The molecule has 0 radical (unpaired) electrons. The zero-order valence-electron chi connectivity index (χ0n) is 8.34. The summed E-state index contributed by atoms with van der Waals surface area (Å²) in [6.07, 6.45) is 1.20. The maximum atomic E-state index is 11.7. The van der Waals surface area contributed by atoms with Crippen LogP contribution in [0.3, 0.4) is 0 Å². The van der Waals surface area contributed by atoms with Gasteiger partial charge in [-0.05, 0) is 5.10 Å². The largest absolute Gasteiger partial charge is 1.00 e. The molecule has 0 unspecified atom stereocenters. The van der Waals surface area contributed by atoms with E-state index in [2.05, 4.69) is 5.10 Å². The number of carbonyl (C=O) groups excluding carboxylic acids is 1. The minimum atomic E-state index is -0.0544. The van der Waals surface area contributed by atoms with E-state index in [9.17, 15) is 4.79 Å². The molecule has 2 aromatic rings. The standard InChI is InChI=1S/C10H9N3O2.BrH/c11-10-13(12-7-15-10)6-9(14)8-4-2-1-3-5-8;/h1-5,7,11H,6H2;1H. The highest BCUT2D eigenvalue weighted by Crippen LogP contribution is 2.00. The predicted molar refractivity (Wildman–Crippen MR) is 51.9 cm³/mol. The molecule has 0 aliphatic heterocycles. The van der Waals surface area contributed by atoms with E-state index in [1.165, 1.54) is 11.1 Å². The molecule has 0 saturated heterocycles. The number of carbonyl (C=O) groups is 1. The predicted octanol–water partition coefficient (Wildman–Crippen LogP) is -2.57. The van der Waals surface area contributed by atoms with Gasteiger partial charge in [-0.1, -0.05) is 35.0 Å². The van der Waals surface area contributed by atoms with Crippen molar-refractivity contribution in [3.8, 4) is 0 Å². The van der Waals surface area contributed by atoms with Crippen LogP contribution in [0.25, 0.3) is 0 Å². The number of Topliss-reactive ketones (excluding diaryl/α,β-unsaturated/α-hetero) is 1. The summed E-state index contributed by atoms with van der Waals surface area (Å²) in [7, 11) is 0. The zero-order chi connectivity index (χ0) is 10.7. The fourth-order valence-corrected chi connectivity index (χ4v) is 1.22. The fraction of sp³-hybridized carbons (Fsp3) is 0.100. The van der Waals surface area contributed by atoms with Crippen LogP contribution in [0.1, 0.15) is 10.4 Å². The van der Waals surface area contributed by atoms with Crippen molar-refractivity contribution in [1.82, 2.24) is 5.10 Å². The molecule has 84 valence electrons. The first-order chi connectivity index (χ1) is 7.27. The van der Waals surface area contributed by atoms with E-state index in [0.717, 1.165) is 0 Å². The molecule has 1 aromatic carbocycles. The minimum Gasteiger partial charge on any atom is -1.00 e. The molecule has 0 saturated carbocycles. The molecule has 0 aliphatic carbocycles. The van der Waals surface area contributed by atoms with Crippen LogP contribution in [0.4, 0.5) is 6.01 Å². The summed E-state index contributed by atoms with van der Waals surface area (Å²) in [4.78, 5) is 11.7. The van der Waals surface area contributed by atoms with E-state index in [1.54, 1.807) is 12.1 Å². The van der Waals surface area contributed by atoms with Crippen molar-refractivity contribution in [2.75, 3.05) is 5.73 Å². The second kappa shape index (κ2) is 5.41. The summed E-state index contributed by atoms with van der Waals surface area (Å²) >= 11 is 0. The van der Waals surface area contributed by atoms with Crippen LogP contribution in [0.2, 0.25) is 0 Å². The SMILES string of the molecule is Nc1ocn[n+]1CC(=O)c1ccccc1.[Br-]. The summed E-state index contributed by atoms with van der Waals surface area (Å²) in [5.74, 6) is -0.0544. The number of nitrogens with two attached hydrogens (primary N) is 1. The summed E-state index contributed by atoms with van der Waals surface area (Å²) < 4.78 is 6.09. The summed E-state index contributed by atoms with van der Waals surface area (Å²) in [6.45, 7) is 0.0896. The van der Waals surface area contributed by atoms with Crippen LogP contribution >= 0.6 is 0 Å². The lowest BCUT2D eigenvalue weighted by Gasteiger charge is -1.96. The number of rotatable bonds is 3. The van der Waals surface area contributed by atoms with Crippen molar-refractivity contribution in [3.63, 3.8) is 0 Å². The first kappa shape index (κ1) is 12.4. The van der Waals surface area contributed by atoms with Crippen LogP contribution in [0.15, 0.2) is 41.1 Å². The Morgan fingerprint density at radius 1 is 1.38 bits per heavy atom. The van der Waals surface area contributed by atoms with E-state index >= 15 is 0 Å². The Balaban J connectivity index is 0.00000128. The summed E-state index contributed by atoms with van der Waals surface area (Å²) in [5.41, 5.74) is 6.08. The molecule has 16 heavy (non-hydrogen) atoms. The summed E-state index contributed by atoms with van der Waals surface area (Å²) in [5, 5.41) is 3.79. The van der Waals surface area contributed by atoms with Crippen molar-refractivity contribution in [1.29, 1.82) is 0 Å². The molecule has 2 N–H and O–H groups in total. The lowest BCUT2D eigenvalue weighted by Crippen LogP contribution is -3.00. The van der Waals surface area contributed by atoms with Gasteiger partial charge in [0.05, 0.1) is 0 Å². The van der Waals surface area contributed by atoms with E-state index in [4.69, 9.17) is 10.2 Å². The van der Waals surface area contributed by atoms with E-state index in [0.29, 0.717) is 5.56 Å². The number of halogens is 1. The molecule has 0 spiro atoms. The molecule has 0 fully saturated rings. The van der Waals surface area contributed by atoms with Gasteiger partial charge >= 0.3 is 6.01 Å². The van der Waals surface area contributed by atoms with Crippen LogP contribution < -0.4 is 27.4 Å². The number of nitrogen functional groups attached to an aromatic ring is 1. The molecule has 5 nitrogen and oxygen atoms in total. The Kier molecular flexibility index (Phi) is 4.19. The van der Waals surface area contributed by atoms with Gasteiger partial charge in [-0.15, -0.1) is 0 Å². The van der Waals surface area contributed by atoms with Gasteiger partial charge in [-0.25, -0.2) is 0 Å². The van der Waals surface area contributed by atoms with E-state index in [1.807, 2.05) is 18.2 Å². The molecule has 1 aromatic heterocycles. The van der Waals surface area contributed by atoms with Gasteiger partial charge in [0, 0.05) is 5.56 Å². The summed E-state index contributed by atoms with van der Waals surface area (Å²) in [6, 6.07) is 9.10. The van der Waals surface area contributed by atoms with Gasteiger partial charge in [0.1, 0.15) is 0 Å². The molecule has 0 amide bonds. The Labute approximate surface area is 103 Å². The third-order valence-corrected chi connectivity index (χ3v) is 2.00. The third-order valence-electron chi connectivity index (χ3n) is 2.00. The van der Waals surface area contributed by atoms with Gasteiger partial charge in [0.15, 0.2) is 6.54 Å². The number of ketones is 1. The number of aromatic nitrogens is 2. The molecule has 6 heteroatoms. The normalized spacial score (nSPS) is 9.50. The minimum absolute atomic E-state index is 0. The maximum Gasteiger partial charge on any atom is 0.475 e. The van der Waals surface area contributed by atoms with Gasteiger partial charge in [-0.3, -0.25) is 10.5 Å². The Morgan fingerprint density at radius 3 is 2.62 bits per heavy atom. The van der Waals surface area contributed by atoms with Crippen molar-refractivity contribution in [2.24, 2.45) is 0 Å². The van der Waals surface area contributed by atoms with Gasteiger partial charge < -0.3 is 21.4 Å². The lowest BCUT2D eigenvalue weighted by molar-refractivity contribution is -0.727. The molecule has 0 aliphatic rings. The number of hydrogen-bond acceptors (Lipinski definition) is 4. The quantitative estimate of drug-likeness (QED) is 0.497.